The number of carbonyl (C=O) groups excluding carboxylic acids is 1. The largest absolute Gasteiger partial charge is 0.332 e. The lowest BCUT2D eigenvalue weighted by atomic mass is 10.1. The van der Waals surface area contributed by atoms with Crippen LogP contribution in [0.1, 0.15) is 29.1 Å². The minimum absolute atomic E-state index is 0.0944. The third-order valence-corrected chi connectivity index (χ3v) is 4.36. The van der Waals surface area contributed by atoms with Crippen LogP contribution in [0.4, 0.5) is 0 Å². The van der Waals surface area contributed by atoms with E-state index in [0.29, 0.717) is 10.8 Å². The monoisotopic (exact) mass is 393 g/mol. The first-order chi connectivity index (χ1) is 11.0. The van der Waals surface area contributed by atoms with Gasteiger partial charge in [0.05, 0.1) is 10.5 Å². The van der Waals surface area contributed by atoms with E-state index >= 15 is 0 Å². The summed E-state index contributed by atoms with van der Waals surface area (Å²) in [5.74, 6) is 0.173. The Balaban J connectivity index is 1.90. The fourth-order valence-corrected chi connectivity index (χ4v) is 2.80. The second-order valence-corrected chi connectivity index (χ2v) is 6.39. The van der Waals surface area contributed by atoms with Gasteiger partial charge < -0.3 is 4.90 Å². The number of amides is 1. The van der Waals surface area contributed by atoms with Gasteiger partial charge in [-0.3, -0.25) is 4.79 Å². The van der Waals surface area contributed by atoms with Gasteiger partial charge in [0, 0.05) is 24.5 Å². The molecule has 1 aromatic carbocycles. The van der Waals surface area contributed by atoms with E-state index < -0.39 is 0 Å². The lowest BCUT2D eigenvalue weighted by Gasteiger charge is -2.24. The molecule has 0 N–H and O–H groups in total. The Kier molecular flexibility index (Phi) is 4.32. The highest BCUT2D eigenvalue weighted by Gasteiger charge is 2.24. The van der Waals surface area contributed by atoms with Gasteiger partial charge in [0.1, 0.15) is 0 Å². The second kappa shape index (κ2) is 6.25. The van der Waals surface area contributed by atoms with Gasteiger partial charge in [-0.15, -0.1) is 5.10 Å². The Bertz CT molecular complexity index is 881. The van der Waals surface area contributed by atoms with Crippen molar-refractivity contribution in [1.82, 2.24) is 24.5 Å². The van der Waals surface area contributed by atoms with Crippen molar-refractivity contribution in [3.8, 4) is 0 Å². The molecule has 2 heterocycles. The Morgan fingerprint density at radius 1 is 1.39 bits per heavy atom. The molecule has 0 unspecified atom stereocenters. The SMILES string of the molecule is C[C@H](c1ccccc1Cl)N(C)C(=O)c1nc2ncc(Br)cn2n1. The van der Waals surface area contributed by atoms with Crippen LogP contribution in [0.5, 0.6) is 0 Å². The van der Waals surface area contributed by atoms with Crippen LogP contribution < -0.4 is 0 Å². The quantitative estimate of drug-likeness (QED) is 0.683. The van der Waals surface area contributed by atoms with Crippen molar-refractivity contribution in [3.05, 3.63) is 57.5 Å². The van der Waals surface area contributed by atoms with Gasteiger partial charge in [-0.2, -0.15) is 4.98 Å². The average Bonchev–Trinajstić information content (AvgIpc) is 2.96. The molecule has 3 rings (SSSR count). The fraction of sp³-hybridized carbons (Fsp3) is 0.200. The summed E-state index contributed by atoms with van der Waals surface area (Å²) in [7, 11) is 1.70. The van der Waals surface area contributed by atoms with Gasteiger partial charge in [0.15, 0.2) is 0 Å². The predicted molar refractivity (Wildman–Crippen MR) is 90.4 cm³/mol. The van der Waals surface area contributed by atoms with E-state index in [0.717, 1.165) is 10.0 Å². The van der Waals surface area contributed by atoms with Gasteiger partial charge in [-0.05, 0) is 34.5 Å². The molecule has 3 aromatic rings. The summed E-state index contributed by atoms with van der Waals surface area (Å²) in [6.07, 6.45) is 3.30. The Labute approximate surface area is 146 Å². The summed E-state index contributed by atoms with van der Waals surface area (Å²) in [6.45, 7) is 1.91. The molecule has 0 saturated heterocycles. The first kappa shape index (κ1) is 15.9. The maximum absolute atomic E-state index is 12.6. The smallest absolute Gasteiger partial charge is 0.293 e. The van der Waals surface area contributed by atoms with Crippen molar-refractivity contribution in [2.24, 2.45) is 0 Å². The highest BCUT2D eigenvalue weighted by Crippen LogP contribution is 2.26. The number of rotatable bonds is 3. The summed E-state index contributed by atoms with van der Waals surface area (Å²) < 4.78 is 2.22. The maximum atomic E-state index is 12.6. The molecule has 0 saturated carbocycles. The van der Waals surface area contributed by atoms with Crippen LogP contribution in [0, 0.1) is 0 Å². The molecule has 0 aliphatic carbocycles. The molecule has 1 amide bonds. The number of aromatic nitrogens is 4. The fourth-order valence-electron chi connectivity index (χ4n) is 2.21. The Hall–Kier alpha value is -1.99. The Morgan fingerprint density at radius 2 is 2.13 bits per heavy atom. The van der Waals surface area contributed by atoms with Crippen LogP contribution in [-0.2, 0) is 0 Å². The predicted octanol–water partition coefficient (Wildman–Crippen LogP) is 3.37. The minimum Gasteiger partial charge on any atom is -0.332 e. The van der Waals surface area contributed by atoms with Crippen LogP contribution in [-0.4, -0.2) is 37.4 Å². The normalized spacial score (nSPS) is 12.3. The standard InChI is InChI=1S/C15H13BrClN5O/c1-9(11-5-3-4-6-12(11)17)21(2)14(23)13-19-15-18-7-10(16)8-22(15)20-13/h3-9H,1-2H3/t9-/m1/s1. The van der Waals surface area contributed by atoms with E-state index in [2.05, 4.69) is 31.0 Å². The summed E-state index contributed by atoms with van der Waals surface area (Å²) in [5.41, 5.74) is 0.870. The van der Waals surface area contributed by atoms with E-state index in [1.165, 1.54) is 4.52 Å². The minimum atomic E-state index is -0.293. The second-order valence-electron chi connectivity index (χ2n) is 5.07. The molecule has 0 aliphatic rings. The number of hydrogen-bond acceptors (Lipinski definition) is 4. The summed E-state index contributed by atoms with van der Waals surface area (Å²) in [5, 5.41) is 4.80. The number of fused-ring (bicyclic) bond motifs is 1. The first-order valence-corrected chi connectivity index (χ1v) is 8.04. The van der Waals surface area contributed by atoms with Crippen LogP contribution >= 0.6 is 27.5 Å². The van der Waals surface area contributed by atoms with E-state index in [-0.39, 0.29) is 17.8 Å². The van der Waals surface area contributed by atoms with Crippen LogP contribution in [0.3, 0.4) is 0 Å². The molecule has 0 aliphatic heterocycles. The summed E-state index contributed by atoms with van der Waals surface area (Å²) in [4.78, 5) is 22.5. The lowest BCUT2D eigenvalue weighted by molar-refractivity contribution is 0.0730. The third kappa shape index (κ3) is 3.07. The van der Waals surface area contributed by atoms with Crippen molar-refractivity contribution in [1.29, 1.82) is 0 Å². The molecule has 23 heavy (non-hydrogen) atoms. The van der Waals surface area contributed by atoms with Crippen molar-refractivity contribution in [3.63, 3.8) is 0 Å². The molecule has 118 valence electrons. The molecular formula is C15H13BrClN5O. The molecule has 0 radical (unpaired) electrons. The molecule has 0 bridgehead atoms. The topological polar surface area (TPSA) is 63.4 Å². The van der Waals surface area contributed by atoms with Crippen LogP contribution in [0.15, 0.2) is 41.1 Å². The zero-order chi connectivity index (χ0) is 16.6. The van der Waals surface area contributed by atoms with Gasteiger partial charge >= 0.3 is 0 Å². The van der Waals surface area contributed by atoms with Crippen molar-refractivity contribution in [2.75, 3.05) is 7.05 Å². The van der Waals surface area contributed by atoms with Crippen molar-refractivity contribution >= 4 is 39.2 Å². The van der Waals surface area contributed by atoms with Crippen LogP contribution in [0.2, 0.25) is 5.02 Å². The number of halogens is 2. The number of carbonyl (C=O) groups is 1. The van der Waals surface area contributed by atoms with Gasteiger partial charge in [-0.1, -0.05) is 29.8 Å². The molecule has 0 fully saturated rings. The summed E-state index contributed by atoms with van der Waals surface area (Å²) >= 11 is 9.52. The zero-order valence-electron chi connectivity index (χ0n) is 12.4. The van der Waals surface area contributed by atoms with Gasteiger partial charge in [0.25, 0.3) is 11.7 Å². The van der Waals surface area contributed by atoms with Crippen molar-refractivity contribution < 1.29 is 4.79 Å². The van der Waals surface area contributed by atoms with Gasteiger partial charge in [-0.25, -0.2) is 9.50 Å². The molecule has 8 heteroatoms. The van der Waals surface area contributed by atoms with Crippen molar-refractivity contribution in [2.45, 2.75) is 13.0 Å². The van der Waals surface area contributed by atoms with E-state index in [9.17, 15) is 4.79 Å². The summed E-state index contributed by atoms with van der Waals surface area (Å²) in [6, 6.07) is 7.24. The molecule has 2 aromatic heterocycles. The maximum Gasteiger partial charge on any atom is 0.293 e. The number of hydrogen-bond donors (Lipinski definition) is 0. The molecular weight excluding hydrogens is 382 g/mol. The highest BCUT2D eigenvalue weighted by atomic mass is 79.9. The highest BCUT2D eigenvalue weighted by molar-refractivity contribution is 9.10. The average molecular weight is 395 g/mol. The van der Waals surface area contributed by atoms with Crippen LogP contribution in [0.25, 0.3) is 5.78 Å². The number of nitrogens with zero attached hydrogens (tertiary/aromatic N) is 5. The molecule has 0 spiro atoms. The molecule has 6 nitrogen and oxygen atoms in total. The van der Waals surface area contributed by atoms with E-state index in [1.54, 1.807) is 30.4 Å². The Morgan fingerprint density at radius 3 is 2.87 bits per heavy atom. The van der Waals surface area contributed by atoms with Gasteiger partial charge in [0.2, 0.25) is 5.82 Å². The third-order valence-electron chi connectivity index (χ3n) is 3.61. The van der Waals surface area contributed by atoms with E-state index in [4.69, 9.17) is 11.6 Å². The van der Waals surface area contributed by atoms with E-state index in [1.807, 2.05) is 25.1 Å². The lowest BCUT2D eigenvalue weighted by Crippen LogP contribution is -2.30. The zero-order valence-corrected chi connectivity index (χ0v) is 14.8. The number of benzene rings is 1. The molecule has 1 atom stereocenters. The first-order valence-electron chi connectivity index (χ1n) is 6.87.